The minimum atomic E-state index is -3.89. The molecule has 5 nitrogen and oxygen atoms in total. The van der Waals surface area contributed by atoms with Gasteiger partial charge in [-0.05, 0) is 74.1 Å². The zero-order valence-corrected chi connectivity index (χ0v) is 18.0. The van der Waals surface area contributed by atoms with E-state index in [0.717, 1.165) is 5.56 Å². The smallest absolute Gasteiger partial charge is 0.242 e. The fourth-order valence-corrected chi connectivity index (χ4v) is 4.66. The number of benzene rings is 2. The van der Waals surface area contributed by atoms with Crippen LogP contribution in [-0.4, -0.2) is 32.4 Å². The van der Waals surface area contributed by atoms with Gasteiger partial charge in [0.25, 0.3) is 0 Å². The predicted octanol–water partition coefficient (Wildman–Crippen LogP) is 3.79. The number of rotatable bonds is 8. The van der Waals surface area contributed by atoms with Crippen molar-refractivity contribution < 1.29 is 17.6 Å². The average Bonchev–Trinajstić information content (AvgIpc) is 2.63. The molecule has 2 aromatic rings. The number of hydrogen-bond donors (Lipinski definition) is 2. The van der Waals surface area contributed by atoms with Gasteiger partial charge in [0.05, 0.1) is 4.90 Å². The molecular weight excluding hydrogens is 399 g/mol. The Kier molecular flexibility index (Phi) is 7.63. The molecule has 0 saturated heterocycles. The van der Waals surface area contributed by atoms with Crippen LogP contribution in [0.3, 0.4) is 0 Å². The quantitative estimate of drug-likeness (QED) is 0.676. The molecule has 0 bridgehead atoms. The van der Waals surface area contributed by atoms with Crippen LogP contribution in [0, 0.1) is 26.6 Å². The number of nitrogens with one attached hydrogen (secondary N) is 2. The molecule has 152 valence electrons. The Morgan fingerprint density at radius 1 is 1.11 bits per heavy atom. The number of anilines is 1. The molecule has 28 heavy (non-hydrogen) atoms. The lowest BCUT2D eigenvalue weighted by Crippen LogP contribution is -2.44. The van der Waals surface area contributed by atoms with Gasteiger partial charge in [-0.25, -0.2) is 12.8 Å². The highest BCUT2D eigenvalue weighted by atomic mass is 32.2. The first-order chi connectivity index (χ1) is 13.1. The summed E-state index contributed by atoms with van der Waals surface area (Å²) in [5.41, 5.74) is 2.16. The standard InChI is InChI=1S/C20H25FN2O3S2/c1-13-5-6-15(3)19(11-13)28(25,26)23-18(9-10-27-4)20(24)22-16-8-7-14(2)17(21)12-16/h5-8,11-12,18,23H,9-10H2,1-4H3,(H,22,24). The summed E-state index contributed by atoms with van der Waals surface area (Å²) in [4.78, 5) is 12.9. The molecule has 0 radical (unpaired) electrons. The molecule has 1 amide bonds. The number of hydrogen-bond acceptors (Lipinski definition) is 4. The zero-order valence-electron chi connectivity index (χ0n) is 16.4. The maximum Gasteiger partial charge on any atom is 0.242 e. The predicted molar refractivity (Wildman–Crippen MR) is 113 cm³/mol. The minimum absolute atomic E-state index is 0.149. The molecule has 0 fully saturated rings. The highest BCUT2D eigenvalue weighted by Gasteiger charge is 2.26. The molecule has 0 spiro atoms. The molecular formula is C20H25FN2O3S2. The van der Waals surface area contributed by atoms with Crippen LogP contribution in [0.1, 0.15) is 23.1 Å². The average molecular weight is 425 g/mol. The summed E-state index contributed by atoms with van der Waals surface area (Å²) in [5, 5.41) is 2.60. The molecule has 0 aliphatic carbocycles. The molecule has 0 saturated carbocycles. The van der Waals surface area contributed by atoms with Crippen molar-refractivity contribution in [2.24, 2.45) is 0 Å². The van der Waals surface area contributed by atoms with E-state index in [-0.39, 0.29) is 10.6 Å². The van der Waals surface area contributed by atoms with Crippen molar-refractivity contribution >= 4 is 33.4 Å². The van der Waals surface area contributed by atoms with E-state index in [1.165, 1.54) is 17.8 Å². The van der Waals surface area contributed by atoms with Gasteiger partial charge in [-0.15, -0.1) is 0 Å². The van der Waals surface area contributed by atoms with Gasteiger partial charge in [-0.1, -0.05) is 18.2 Å². The van der Waals surface area contributed by atoms with Gasteiger partial charge in [0, 0.05) is 5.69 Å². The molecule has 2 rings (SSSR count). The lowest BCUT2D eigenvalue weighted by molar-refractivity contribution is -0.117. The monoisotopic (exact) mass is 424 g/mol. The lowest BCUT2D eigenvalue weighted by Gasteiger charge is -2.19. The van der Waals surface area contributed by atoms with E-state index in [2.05, 4.69) is 10.0 Å². The Labute approximate surface area is 170 Å². The van der Waals surface area contributed by atoms with Crippen LogP contribution in [0.2, 0.25) is 0 Å². The molecule has 0 aliphatic heterocycles. The molecule has 0 aromatic heterocycles. The number of carbonyl (C=O) groups excluding carboxylic acids is 1. The highest BCUT2D eigenvalue weighted by Crippen LogP contribution is 2.19. The number of thioether (sulfide) groups is 1. The first-order valence-electron chi connectivity index (χ1n) is 8.79. The van der Waals surface area contributed by atoms with Crippen molar-refractivity contribution in [3.05, 3.63) is 58.9 Å². The summed E-state index contributed by atoms with van der Waals surface area (Å²) in [6.45, 7) is 5.14. The Balaban J connectivity index is 2.25. The third-order valence-electron chi connectivity index (χ3n) is 4.30. The van der Waals surface area contributed by atoms with E-state index in [4.69, 9.17) is 0 Å². The van der Waals surface area contributed by atoms with Crippen molar-refractivity contribution in [2.45, 2.75) is 38.1 Å². The molecule has 2 aromatic carbocycles. The zero-order chi connectivity index (χ0) is 20.9. The van der Waals surface area contributed by atoms with Crippen LogP contribution in [0.25, 0.3) is 0 Å². The van der Waals surface area contributed by atoms with Gasteiger partial charge in [0.15, 0.2) is 0 Å². The third kappa shape index (κ3) is 5.80. The SMILES string of the molecule is CSCCC(NS(=O)(=O)c1cc(C)ccc1C)C(=O)Nc1ccc(C)c(F)c1. The van der Waals surface area contributed by atoms with Crippen LogP contribution in [0.15, 0.2) is 41.3 Å². The minimum Gasteiger partial charge on any atom is -0.325 e. The van der Waals surface area contributed by atoms with Gasteiger partial charge >= 0.3 is 0 Å². The fraction of sp³-hybridized carbons (Fsp3) is 0.350. The molecule has 1 atom stereocenters. The molecule has 8 heteroatoms. The second kappa shape index (κ2) is 9.54. The van der Waals surface area contributed by atoms with Crippen molar-refractivity contribution in [3.63, 3.8) is 0 Å². The number of carbonyl (C=O) groups is 1. The van der Waals surface area contributed by atoms with E-state index < -0.39 is 27.8 Å². The van der Waals surface area contributed by atoms with Crippen LogP contribution in [-0.2, 0) is 14.8 Å². The molecule has 1 unspecified atom stereocenters. The third-order valence-corrected chi connectivity index (χ3v) is 6.55. The van der Waals surface area contributed by atoms with E-state index in [9.17, 15) is 17.6 Å². The second-order valence-electron chi connectivity index (χ2n) is 6.68. The van der Waals surface area contributed by atoms with Crippen LogP contribution < -0.4 is 10.0 Å². The van der Waals surface area contributed by atoms with Gasteiger partial charge in [-0.2, -0.15) is 16.5 Å². The van der Waals surface area contributed by atoms with E-state index in [1.807, 2.05) is 19.2 Å². The topological polar surface area (TPSA) is 75.3 Å². The summed E-state index contributed by atoms with van der Waals surface area (Å²) >= 11 is 1.51. The van der Waals surface area contributed by atoms with E-state index >= 15 is 0 Å². The van der Waals surface area contributed by atoms with Gasteiger partial charge in [0.2, 0.25) is 15.9 Å². The van der Waals surface area contributed by atoms with Gasteiger partial charge in [-0.3, -0.25) is 4.79 Å². The molecule has 0 heterocycles. The first-order valence-corrected chi connectivity index (χ1v) is 11.7. The number of halogens is 1. The van der Waals surface area contributed by atoms with E-state index in [0.29, 0.717) is 23.3 Å². The summed E-state index contributed by atoms with van der Waals surface area (Å²) in [5.74, 6) is -0.365. The Morgan fingerprint density at radius 3 is 2.43 bits per heavy atom. The van der Waals surface area contributed by atoms with Gasteiger partial charge < -0.3 is 5.32 Å². The fourth-order valence-electron chi connectivity index (χ4n) is 2.63. The second-order valence-corrected chi connectivity index (χ2v) is 9.35. The number of aryl methyl sites for hydroxylation is 3. The van der Waals surface area contributed by atoms with Crippen LogP contribution >= 0.6 is 11.8 Å². The lowest BCUT2D eigenvalue weighted by atomic mass is 10.2. The van der Waals surface area contributed by atoms with Crippen molar-refractivity contribution in [1.29, 1.82) is 0 Å². The summed E-state index contributed by atoms with van der Waals surface area (Å²) in [6.07, 6.45) is 2.19. The number of sulfonamides is 1. The molecule has 0 aliphatic rings. The Hall–Kier alpha value is -1.90. The van der Waals surface area contributed by atoms with Crippen LogP contribution in [0.4, 0.5) is 10.1 Å². The van der Waals surface area contributed by atoms with Crippen molar-refractivity contribution in [3.8, 4) is 0 Å². The maximum atomic E-state index is 13.7. The maximum absolute atomic E-state index is 13.7. The Morgan fingerprint density at radius 2 is 1.79 bits per heavy atom. The van der Waals surface area contributed by atoms with Gasteiger partial charge in [0.1, 0.15) is 11.9 Å². The summed E-state index contributed by atoms with van der Waals surface area (Å²) in [6, 6.07) is 8.54. The van der Waals surface area contributed by atoms with Crippen molar-refractivity contribution in [1.82, 2.24) is 4.72 Å². The van der Waals surface area contributed by atoms with Crippen LogP contribution in [0.5, 0.6) is 0 Å². The first kappa shape index (κ1) is 22.4. The molecule has 2 N–H and O–H groups in total. The summed E-state index contributed by atoms with van der Waals surface area (Å²) < 4.78 is 42.0. The van der Waals surface area contributed by atoms with Crippen molar-refractivity contribution in [2.75, 3.05) is 17.3 Å². The largest absolute Gasteiger partial charge is 0.325 e. The van der Waals surface area contributed by atoms with E-state index in [1.54, 1.807) is 38.1 Å². The Bertz CT molecular complexity index is 962. The normalized spacial score (nSPS) is 12.6. The number of amides is 1. The summed E-state index contributed by atoms with van der Waals surface area (Å²) in [7, 11) is -3.89. The highest BCUT2D eigenvalue weighted by molar-refractivity contribution is 7.98.